The van der Waals surface area contributed by atoms with E-state index >= 15 is 0 Å². The van der Waals surface area contributed by atoms with E-state index in [-0.39, 0.29) is 16.7 Å². The molecule has 0 saturated heterocycles. The van der Waals surface area contributed by atoms with Crippen molar-refractivity contribution in [2.75, 3.05) is 0 Å². The van der Waals surface area contributed by atoms with Crippen LogP contribution in [0.5, 0.6) is 0 Å². The largest absolute Gasteiger partial charge is 0.412 e. The Bertz CT molecular complexity index is 765. The molecule has 0 fully saturated rings. The third-order valence-electron chi connectivity index (χ3n) is 3.20. The van der Waals surface area contributed by atoms with Crippen molar-refractivity contribution >= 4 is 17.5 Å². The number of hydrogen-bond donors (Lipinski definition) is 0. The molecule has 0 saturated carbocycles. The number of halogens is 6. The van der Waals surface area contributed by atoms with Crippen LogP contribution < -0.4 is 0 Å². The van der Waals surface area contributed by atoms with Gasteiger partial charge in [0.15, 0.2) is 11.7 Å². The number of alkyl halides is 3. The SMILES string of the molecule is Cc1ccc(/C(F)=C(\F)c2ccc(/C(F)=C/C(F)(F)F)cc2)cc1. The van der Waals surface area contributed by atoms with Crippen LogP contribution in [0, 0.1) is 6.92 Å². The second-order valence-electron chi connectivity index (χ2n) is 5.11. The number of benzene rings is 2. The van der Waals surface area contributed by atoms with Crippen molar-refractivity contribution in [1.82, 2.24) is 0 Å². The Morgan fingerprint density at radius 1 is 0.708 bits per heavy atom. The molecule has 0 radical (unpaired) electrons. The second-order valence-corrected chi connectivity index (χ2v) is 5.11. The van der Waals surface area contributed by atoms with Crippen LogP contribution >= 0.6 is 0 Å². The maximum atomic E-state index is 14.1. The summed E-state index contributed by atoms with van der Waals surface area (Å²) in [5.74, 6) is -3.78. The van der Waals surface area contributed by atoms with Crippen LogP contribution in [0.3, 0.4) is 0 Å². The zero-order valence-corrected chi connectivity index (χ0v) is 12.5. The first-order valence-electron chi connectivity index (χ1n) is 6.85. The van der Waals surface area contributed by atoms with E-state index in [0.29, 0.717) is 0 Å². The monoisotopic (exact) mass is 342 g/mol. The Balaban J connectivity index is 2.31. The molecule has 0 heterocycles. The summed E-state index contributed by atoms with van der Waals surface area (Å²) in [5, 5.41) is 0. The molecule has 6 heteroatoms. The van der Waals surface area contributed by atoms with Gasteiger partial charge in [-0.15, -0.1) is 0 Å². The molecular formula is C18H12F6. The van der Waals surface area contributed by atoms with Crippen molar-refractivity contribution in [3.63, 3.8) is 0 Å². The lowest BCUT2D eigenvalue weighted by atomic mass is 10.1. The van der Waals surface area contributed by atoms with E-state index in [2.05, 4.69) is 0 Å². The highest BCUT2D eigenvalue weighted by Crippen LogP contribution is 2.30. The molecule has 2 rings (SSSR count). The van der Waals surface area contributed by atoms with Crippen molar-refractivity contribution < 1.29 is 26.3 Å². The molecular weight excluding hydrogens is 330 g/mol. The molecule has 0 aliphatic rings. The Hall–Kier alpha value is -2.50. The Morgan fingerprint density at radius 2 is 1.08 bits per heavy atom. The highest BCUT2D eigenvalue weighted by molar-refractivity contribution is 5.83. The van der Waals surface area contributed by atoms with Gasteiger partial charge in [-0.05, 0) is 6.92 Å². The van der Waals surface area contributed by atoms with Crippen molar-refractivity contribution in [2.45, 2.75) is 13.1 Å². The maximum absolute atomic E-state index is 14.1. The highest BCUT2D eigenvalue weighted by Gasteiger charge is 2.25. The number of hydrogen-bond acceptors (Lipinski definition) is 0. The van der Waals surface area contributed by atoms with Crippen LogP contribution in [-0.2, 0) is 0 Å². The Labute approximate surface area is 134 Å². The van der Waals surface area contributed by atoms with Gasteiger partial charge in [0.2, 0.25) is 0 Å². The highest BCUT2D eigenvalue weighted by atomic mass is 19.4. The fourth-order valence-corrected chi connectivity index (χ4v) is 1.96. The first kappa shape index (κ1) is 17.8. The summed E-state index contributed by atoms with van der Waals surface area (Å²) < 4.78 is 77.9. The van der Waals surface area contributed by atoms with Gasteiger partial charge in [0.05, 0.1) is 6.08 Å². The van der Waals surface area contributed by atoms with Gasteiger partial charge in [-0.25, -0.2) is 13.2 Å². The van der Waals surface area contributed by atoms with Gasteiger partial charge in [-0.3, -0.25) is 0 Å². The molecule has 2 aromatic carbocycles. The summed E-state index contributed by atoms with van der Waals surface area (Å²) in [6, 6.07) is 9.98. The van der Waals surface area contributed by atoms with Crippen LogP contribution in [0.2, 0.25) is 0 Å². The Morgan fingerprint density at radius 3 is 1.50 bits per heavy atom. The molecule has 0 N–H and O–H groups in total. The van der Waals surface area contributed by atoms with Crippen molar-refractivity contribution in [1.29, 1.82) is 0 Å². The number of aryl methyl sites for hydroxylation is 1. The van der Waals surface area contributed by atoms with Crippen LogP contribution in [0.4, 0.5) is 26.3 Å². The molecule has 126 valence electrons. The fraction of sp³-hybridized carbons (Fsp3) is 0.111. The third-order valence-corrected chi connectivity index (χ3v) is 3.20. The molecule has 0 aliphatic carbocycles. The third kappa shape index (κ3) is 4.50. The molecule has 0 aliphatic heterocycles. The van der Waals surface area contributed by atoms with Crippen molar-refractivity contribution in [3.8, 4) is 0 Å². The van der Waals surface area contributed by atoms with E-state index in [1.807, 2.05) is 0 Å². The summed E-state index contributed by atoms with van der Waals surface area (Å²) in [7, 11) is 0. The summed E-state index contributed by atoms with van der Waals surface area (Å²) >= 11 is 0. The van der Waals surface area contributed by atoms with Crippen LogP contribution in [0.25, 0.3) is 17.5 Å². The van der Waals surface area contributed by atoms with Crippen LogP contribution in [0.15, 0.2) is 54.6 Å². The van der Waals surface area contributed by atoms with E-state index < -0.39 is 29.7 Å². The number of allylic oxidation sites excluding steroid dienone is 1. The lowest BCUT2D eigenvalue weighted by molar-refractivity contribution is -0.0798. The first-order chi connectivity index (χ1) is 11.2. The van der Waals surface area contributed by atoms with Crippen molar-refractivity contribution in [3.05, 3.63) is 76.9 Å². The first-order valence-corrected chi connectivity index (χ1v) is 6.85. The quantitative estimate of drug-likeness (QED) is 0.434. The van der Waals surface area contributed by atoms with E-state index in [0.717, 1.165) is 29.8 Å². The van der Waals surface area contributed by atoms with Gasteiger partial charge < -0.3 is 0 Å². The molecule has 0 atom stereocenters. The van der Waals surface area contributed by atoms with E-state index in [9.17, 15) is 26.3 Å². The molecule has 0 nitrogen and oxygen atoms in total. The smallest absolute Gasteiger partial charge is 0.206 e. The van der Waals surface area contributed by atoms with Crippen LogP contribution in [-0.4, -0.2) is 6.18 Å². The van der Waals surface area contributed by atoms with E-state index in [1.165, 1.54) is 12.1 Å². The van der Waals surface area contributed by atoms with Crippen LogP contribution in [0.1, 0.15) is 22.3 Å². The van der Waals surface area contributed by atoms with Gasteiger partial charge in [-0.1, -0.05) is 54.1 Å². The van der Waals surface area contributed by atoms with Gasteiger partial charge in [0.1, 0.15) is 5.83 Å². The normalized spacial score (nSPS) is 13.7. The minimum Gasteiger partial charge on any atom is -0.206 e. The van der Waals surface area contributed by atoms with Crippen molar-refractivity contribution in [2.24, 2.45) is 0 Å². The maximum Gasteiger partial charge on any atom is 0.412 e. The fourth-order valence-electron chi connectivity index (χ4n) is 1.96. The minimum atomic E-state index is -4.80. The zero-order valence-electron chi connectivity index (χ0n) is 12.5. The summed E-state index contributed by atoms with van der Waals surface area (Å²) in [4.78, 5) is 0. The predicted octanol–water partition coefficient (Wildman–Crippen LogP) is 6.63. The van der Waals surface area contributed by atoms with Gasteiger partial charge in [0.25, 0.3) is 0 Å². The molecule has 0 bridgehead atoms. The second kappa shape index (κ2) is 6.95. The summed E-state index contributed by atoms with van der Waals surface area (Å²) in [5.41, 5.74) is 0.338. The molecule has 0 unspecified atom stereocenters. The minimum absolute atomic E-state index is 0.0327. The summed E-state index contributed by atoms with van der Waals surface area (Å²) in [6.45, 7) is 1.80. The molecule has 0 amide bonds. The van der Waals surface area contributed by atoms with Gasteiger partial charge in [0, 0.05) is 16.7 Å². The summed E-state index contributed by atoms with van der Waals surface area (Å²) in [6.07, 6.45) is -5.30. The molecule has 0 spiro atoms. The lowest BCUT2D eigenvalue weighted by Crippen LogP contribution is -2.01. The van der Waals surface area contributed by atoms with E-state index in [4.69, 9.17) is 0 Å². The standard InChI is InChI=1S/C18H12F6/c1-11-2-4-13(5-3-11)16(20)17(21)14-8-6-12(7-9-14)15(19)10-18(22,23)24/h2-10H,1H3/b15-10-,17-16+. The average molecular weight is 342 g/mol. The van der Waals surface area contributed by atoms with Gasteiger partial charge in [-0.2, -0.15) is 13.2 Å². The topological polar surface area (TPSA) is 0 Å². The lowest BCUT2D eigenvalue weighted by Gasteiger charge is -2.05. The average Bonchev–Trinajstić information content (AvgIpc) is 2.53. The van der Waals surface area contributed by atoms with E-state index in [1.54, 1.807) is 19.1 Å². The number of rotatable bonds is 3. The molecule has 0 aromatic heterocycles. The Kier molecular flexibility index (Phi) is 5.17. The zero-order chi connectivity index (χ0) is 17.9. The molecule has 24 heavy (non-hydrogen) atoms. The molecule has 2 aromatic rings. The van der Waals surface area contributed by atoms with Gasteiger partial charge >= 0.3 is 6.18 Å². The predicted molar refractivity (Wildman–Crippen MR) is 81.8 cm³/mol.